The minimum absolute atomic E-state index is 0.387. The van der Waals surface area contributed by atoms with Gasteiger partial charge in [0.25, 0.3) is 0 Å². The fraction of sp³-hybridized carbons (Fsp3) is 0.278. The first-order valence-electron chi connectivity index (χ1n) is 7.42. The molecular formula is C18H14F6O2. The van der Waals surface area contributed by atoms with Crippen LogP contribution in [0.2, 0.25) is 0 Å². The van der Waals surface area contributed by atoms with Gasteiger partial charge in [-0.2, -0.15) is 26.3 Å². The van der Waals surface area contributed by atoms with Gasteiger partial charge < -0.3 is 5.11 Å². The molecule has 1 unspecified atom stereocenters. The van der Waals surface area contributed by atoms with Crippen LogP contribution in [-0.2, 0) is 29.0 Å². The second-order valence-corrected chi connectivity index (χ2v) is 6.01. The van der Waals surface area contributed by atoms with Crippen LogP contribution in [0.1, 0.15) is 29.2 Å². The minimum Gasteiger partial charge on any atom is -0.481 e. The Hall–Kier alpha value is -2.51. The van der Waals surface area contributed by atoms with E-state index in [1.165, 1.54) is 12.1 Å². The van der Waals surface area contributed by atoms with Gasteiger partial charge in [0, 0.05) is 0 Å². The van der Waals surface area contributed by atoms with Crippen molar-refractivity contribution < 1.29 is 36.2 Å². The number of hydrogen-bond acceptors (Lipinski definition) is 1. The second kappa shape index (κ2) is 6.66. The molecule has 0 aliphatic carbocycles. The fourth-order valence-electron chi connectivity index (χ4n) is 2.83. The molecule has 2 nitrogen and oxygen atoms in total. The number of carbonyl (C=O) groups is 1. The second-order valence-electron chi connectivity index (χ2n) is 6.01. The molecular weight excluding hydrogens is 362 g/mol. The number of aliphatic carboxylic acids is 1. The predicted octanol–water partition coefficient (Wildman–Crippen LogP) is 5.31. The molecule has 0 fully saturated rings. The molecule has 1 atom stereocenters. The molecule has 0 amide bonds. The molecule has 140 valence electrons. The monoisotopic (exact) mass is 376 g/mol. The molecule has 0 radical (unpaired) electrons. The summed E-state index contributed by atoms with van der Waals surface area (Å²) in [7, 11) is 0. The highest BCUT2D eigenvalue weighted by Gasteiger charge is 2.45. The van der Waals surface area contributed by atoms with Crippen molar-refractivity contribution in [2.24, 2.45) is 0 Å². The van der Waals surface area contributed by atoms with Crippen molar-refractivity contribution in [2.75, 3.05) is 0 Å². The lowest BCUT2D eigenvalue weighted by Gasteiger charge is -2.29. The lowest BCUT2D eigenvalue weighted by molar-refractivity contribution is -0.146. The Bertz CT molecular complexity index is 810. The summed E-state index contributed by atoms with van der Waals surface area (Å²) in [6, 6.07) is 8.27. The summed E-state index contributed by atoms with van der Waals surface area (Å²) in [6.45, 7) is 0.993. The van der Waals surface area contributed by atoms with Gasteiger partial charge in [0.2, 0.25) is 0 Å². The standard InChI is InChI=1S/C18H14F6O2/c1-16(15(25)26,13-8-4-5-9-14(13)18(22,23)24)10-11-6-2-3-7-12(11)17(19,20)21/h2-9H,10H2,1H3,(H,25,26). The third-order valence-electron chi connectivity index (χ3n) is 4.17. The lowest BCUT2D eigenvalue weighted by atomic mass is 9.74. The fourth-order valence-corrected chi connectivity index (χ4v) is 2.83. The van der Waals surface area contributed by atoms with Gasteiger partial charge >= 0.3 is 18.3 Å². The van der Waals surface area contributed by atoms with E-state index in [-0.39, 0.29) is 5.56 Å². The highest BCUT2D eigenvalue weighted by molar-refractivity contribution is 5.82. The van der Waals surface area contributed by atoms with Crippen molar-refractivity contribution in [1.29, 1.82) is 0 Å². The molecule has 26 heavy (non-hydrogen) atoms. The number of hydrogen-bond donors (Lipinski definition) is 1. The predicted molar refractivity (Wildman–Crippen MR) is 81.6 cm³/mol. The summed E-state index contributed by atoms with van der Waals surface area (Å²) in [4.78, 5) is 11.8. The van der Waals surface area contributed by atoms with E-state index in [1.54, 1.807) is 0 Å². The van der Waals surface area contributed by atoms with E-state index >= 15 is 0 Å². The Balaban J connectivity index is 2.64. The van der Waals surface area contributed by atoms with Crippen LogP contribution in [0.3, 0.4) is 0 Å². The first-order chi connectivity index (χ1) is 11.9. The smallest absolute Gasteiger partial charge is 0.416 e. The van der Waals surface area contributed by atoms with Gasteiger partial charge in [-0.3, -0.25) is 4.79 Å². The Kier molecular flexibility index (Phi) is 5.07. The van der Waals surface area contributed by atoms with E-state index in [2.05, 4.69) is 0 Å². The van der Waals surface area contributed by atoms with Gasteiger partial charge in [-0.15, -0.1) is 0 Å². The normalized spacial score (nSPS) is 14.7. The molecule has 0 saturated heterocycles. The maximum atomic E-state index is 13.3. The molecule has 0 spiro atoms. The van der Waals surface area contributed by atoms with Crippen LogP contribution < -0.4 is 0 Å². The maximum Gasteiger partial charge on any atom is 0.416 e. The number of carboxylic acids is 1. The van der Waals surface area contributed by atoms with E-state index in [4.69, 9.17) is 0 Å². The Labute approximate surface area is 145 Å². The van der Waals surface area contributed by atoms with Crippen LogP contribution in [0, 0.1) is 0 Å². The molecule has 0 aliphatic rings. The molecule has 2 aromatic carbocycles. The van der Waals surface area contributed by atoms with Crippen molar-refractivity contribution in [2.45, 2.75) is 31.1 Å². The molecule has 2 rings (SSSR count). The minimum atomic E-state index is -4.84. The molecule has 0 heterocycles. The van der Waals surface area contributed by atoms with Gasteiger partial charge in [0.05, 0.1) is 16.5 Å². The Morgan fingerprint density at radius 3 is 1.69 bits per heavy atom. The topological polar surface area (TPSA) is 37.3 Å². The van der Waals surface area contributed by atoms with Crippen molar-refractivity contribution in [3.05, 3.63) is 70.8 Å². The first kappa shape index (κ1) is 19.8. The zero-order chi connectivity index (χ0) is 19.8. The average molecular weight is 376 g/mol. The third kappa shape index (κ3) is 3.84. The van der Waals surface area contributed by atoms with Crippen LogP contribution in [0.4, 0.5) is 26.3 Å². The highest BCUT2D eigenvalue weighted by Crippen LogP contribution is 2.41. The van der Waals surface area contributed by atoms with Gasteiger partial charge in [0.15, 0.2) is 0 Å². The number of carboxylic acid groups (broad SMARTS) is 1. The van der Waals surface area contributed by atoms with Gasteiger partial charge in [-0.1, -0.05) is 36.4 Å². The van der Waals surface area contributed by atoms with E-state index in [0.29, 0.717) is 6.07 Å². The van der Waals surface area contributed by atoms with Crippen LogP contribution >= 0.6 is 0 Å². The number of alkyl halides is 6. The quantitative estimate of drug-likeness (QED) is 0.735. The summed E-state index contributed by atoms with van der Waals surface area (Å²) in [6.07, 6.45) is -10.3. The highest BCUT2D eigenvalue weighted by atomic mass is 19.4. The maximum absolute atomic E-state index is 13.3. The van der Waals surface area contributed by atoms with Crippen molar-refractivity contribution in [3.63, 3.8) is 0 Å². The lowest BCUT2D eigenvalue weighted by Crippen LogP contribution is -2.37. The molecule has 0 bridgehead atoms. The molecule has 0 aliphatic heterocycles. The van der Waals surface area contributed by atoms with Crippen LogP contribution in [0.25, 0.3) is 0 Å². The molecule has 0 saturated carbocycles. The van der Waals surface area contributed by atoms with Crippen LogP contribution in [0.5, 0.6) is 0 Å². The summed E-state index contributed by atoms with van der Waals surface area (Å²) in [5.74, 6) is -1.65. The van der Waals surface area contributed by atoms with E-state index in [9.17, 15) is 36.2 Å². The zero-order valence-electron chi connectivity index (χ0n) is 13.4. The van der Waals surface area contributed by atoms with E-state index in [1.807, 2.05) is 0 Å². The zero-order valence-corrected chi connectivity index (χ0v) is 13.4. The third-order valence-corrected chi connectivity index (χ3v) is 4.17. The van der Waals surface area contributed by atoms with Gasteiger partial charge in [-0.05, 0) is 36.6 Å². The van der Waals surface area contributed by atoms with E-state index < -0.39 is 46.8 Å². The van der Waals surface area contributed by atoms with Crippen molar-refractivity contribution in [1.82, 2.24) is 0 Å². The molecule has 8 heteroatoms. The summed E-state index contributed by atoms with van der Waals surface area (Å²) < 4.78 is 79.3. The van der Waals surface area contributed by atoms with Crippen molar-refractivity contribution in [3.8, 4) is 0 Å². The largest absolute Gasteiger partial charge is 0.481 e. The Morgan fingerprint density at radius 1 is 0.808 bits per heavy atom. The van der Waals surface area contributed by atoms with Gasteiger partial charge in [-0.25, -0.2) is 0 Å². The molecule has 2 aromatic rings. The van der Waals surface area contributed by atoms with Crippen LogP contribution in [-0.4, -0.2) is 11.1 Å². The summed E-state index contributed by atoms with van der Waals surface area (Å²) in [5.41, 5.74) is -5.43. The number of rotatable bonds is 4. The number of benzene rings is 2. The SMILES string of the molecule is CC(Cc1ccccc1C(F)(F)F)(C(=O)O)c1ccccc1C(F)(F)F. The first-order valence-corrected chi connectivity index (χ1v) is 7.42. The summed E-state index contributed by atoms with van der Waals surface area (Å²) in [5, 5.41) is 9.58. The molecule has 1 N–H and O–H groups in total. The van der Waals surface area contributed by atoms with E-state index in [0.717, 1.165) is 37.3 Å². The Morgan fingerprint density at radius 2 is 1.23 bits per heavy atom. The number of halogens is 6. The average Bonchev–Trinajstić information content (AvgIpc) is 2.53. The molecule has 0 aromatic heterocycles. The van der Waals surface area contributed by atoms with Crippen molar-refractivity contribution >= 4 is 5.97 Å². The van der Waals surface area contributed by atoms with Crippen LogP contribution in [0.15, 0.2) is 48.5 Å². The van der Waals surface area contributed by atoms with Gasteiger partial charge in [0.1, 0.15) is 0 Å². The summed E-state index contributed by atoms with van der Waals surface area (Å²) >= 11 is 0.